The van der Waals surface area contributed by atoms with Crippen LogP contribution in [0, 0.1) is 6.92 Å². The molecule has 3 nitrogen and oxygen atoms in total. The monoisotopic (exact) mass is 312 g/mol. The van der Waals surface area contributed by atoms with Gasteiger partial charge >= 0.3 is 0 Å². The Bertz CT molecular complexity index is 391. The summed E-state index contributed by atoms with van der Waals surface area (Å²) in [5, 5.41) is 6.93. The van der Waals surface area contributed by atoms with Gasteiger partial charge in [-0.25, -0.2) is 0 Å². The Hall–Kier alpha value is -0.420. The largest absolute Gasteiger partial charge is 0.379 e. The molecule has 0 radical (unpaired) electrons. The van der Waals surface area contributed by atoms with Crippen LogP contribution in [0.25, 0.3) is 0 Å². The summed E-state index contributed by atoms with van der Waals surface area (Å²) in [6.45, 7) is 4.76. The van der Waals surface area contributed by atoms with E-state index in [9.17, 15) is 0 Å². The van der Waals surface area contributed by atoms with E-state index in [2.05, 4.69) is 51.7 Å². The van der Waals surface area contributed by atoms with Crippen molar-refractivity contribution < 1.29 is 4.74 Å². The second-order valence-electron chi connectivity index (χ2n) is 4.80. The summed E-state index contributed by atoms with van der Waals surface area (Å²) in [6, 6.07) is 7.26. The van der Waals surface area contributed by atoms with Crippen LogP contribution >= 0.6 is 15.9 Å². The summed E-state index contributed by atoms with van der Waals surface area (Å²) in [5.41, 5.74) is 2.69. The van der Waals surface area contributed by atoms with Gasteiger partial charge in [0.05, 0.1) is 13.2 Å². The van der Waals surface area contributed by atoms with Gasteiger partial charge < -0.3 is 15.4 Å². The van der Waals surface area contributed by atoms with Crippen LogP contribution in [0.1, 0.15) is 23.6 Å². The van der Waals surface area contributed by atoms with E-state index >= 15 is 0 Å². The normalized spacial score (nSPS) is 21.8. The molecule has 1 fully saturated rings. The first-order valence-electron chi connectivity index (χ1n) is 6.45. The van der Waals surface area contributed by atoms with E-state index in [1.54, 1.807) is 0 Å². The maximum atomic E-state index is 5.52. The molecule has 2 N–H and O–H groups in total. The SMILES string of the molecule is CNC(CC1COCCN1)c1cc(Br)ccc1C. The zero-order valence-electron chi connectivity index (χ0n) is 11.0. The van der Waals surface area contributed by atoms with E-state index in [-0.39, 0.29) is 0 Å². The van der Waals surface area contributed by atoms with E-state index in [1.165, 1.54) is 11.1 Å². The number of hydrogen-bond donors (Lipinski definition) is 2. The number of benzene rings is 1. The van der Waals surface area contributed by atoms with Crippen molar-refractivity contribution in [3.63, 3.8) is 0 Å². The molecule has 0 bridgehead atoms. The summed E-state index contributed by atoms with van der Waals surface area (Å²) in [5.74, 6) is 0. The standard InChI is InChI=1S/C14H21BrN2O/c1-10-3-4-11(15)7-13(10)14(16-2)8-12-9-18-6-5-17-12/h3-4,7,12,14,16-17H,5-6,8-9H2,1-2H3. The van der Waals surface area contributed by atoms with Gasteiger partial charge in [-0.1, -0.05) is 22.0 Å². The third kappa shape index (κ3) is 3.54. The smallest absolute Gasteiger partial charge is 0.0620 e. The van der Waals surface area contributed by atoms with Crippen LogP contribution in [0.2, 0.25) is 0 Å². The number of hydrogen-bond acceptors (Lipinski definition) is 3. The van der Waals surface area contributed by atoms with Crippen molar-refractivity contribution in [1.82, 2.24) is 10.6 Å². The highest BCUT2D eigenvalue weighted by molar-refractivity contribution is 9.10. The van der Waals surface area contributed by atoms with Crippen LogP contribution in [0.15, 0.2) is 22.7 Å². The lowest BCUT2D eigenvalue weighted by Crippen LogP contribution is -2.43. The van der Waals surface area contributed by atoms with Crippen molar-refractivity contribution in [2.24, 2.45) is 0 Å². The Balaban J connectivity index is 2.09. The summed E-state index contributed by atoms with van der Waals surface area (Å²) in [4.78, 5) is 0. The van der Waals surface area contributed by atoms with Crippen molar-refractivity contribution >= 4 is 15.9 Å². The Morgan fingerprint density at radius 3 is 3.06 bits per heavy atom. The van der Waals surface area contributed by atoms with Crippen LogP contribution in [-0.4, -0.2) is 32.8 Å². The van der Waals surface area contributed by atoms with Gasteiger partial charge in [-0.3, -0.25) is 0 Å². The molecule has 1 saturated heterocycles. The van der Waals surface area contributed by atoms with E-state index in [1.807, 2.05) is 7.05 Å². The number of nitrogens with one attached hydrogen (secondary N) is 2. The van der Waals surface area contributed by atoms with Crippen LogP contribution in [0.3, 0.4) is 0 Å². The highest BCUT2D eigenvalue weighted by Crippen LogP contribution is 2.25. The minimum atomic E-state index is 0.363. The van der Waals surface area contributed by atoms with Crippen molar-refractivity contribution in [2.75, 3.05) is 26.8 Å². The predicted octanol–water partition coefficient (Wildman–Crippen LogP) is 2.40. The topological polar surface area (TPSA) is 33.3 Å². The van der Waals surface area contributed by atoms with Gasteiger partial charge in [-0.05, 0) is 43.7 Å². The fourth-order valence-electron chi connectivity index (χ4n) is 2.44. The number of morpholine rings is 1. The molecule has 1 aromatic carbocycles. The summed E-state index contributed by atoms with van der Waals surface area (Å²) in [7, 11) is 2.02. The Morgan fingerprint density at radius 2 is 2.39 bits per heavy atom. The summed E-state index contributed by atoms with van der Waals surface area (Å²) < 4.78 is 6.65. The molecule has 1 aliphatic heterocycles. The molecule has 0 aromatic heterocycles. The molecule has 1 heterocycles. The van der Waals surface area contributed by atoms with Gasteiger partial charge in [0.2, 0.25) is 0 Å². The fraction of sp³-hybridized carbons (Fsp3) is 0.571. The number of ether oxygens (including phenoxy) is 1. The first kappa shape index (κ1) is 14.0. The van der Waals surface area contributed by atoms with Crippen molar-refractivity contribution in [1.29, 1.82) is 0 Å². The molecular formula is C14H21BrN2O. The predicted molar refractivity (Wildman–Crippen MR) is 77.9 cm³/mol. The van der Waals surface area contributed by atoms with Crippen LogP contribution < -0.4 is 10.6 Å². The number of halogens is 1. The molecular weight excluding hydrogens is 292 g/mol. The maximum Gasteiger partial charge on any atom is 0.0620 e. The van der Waals surface area contributed by atoms with Gasteiger partial charge in [0.15, 0.2) is 0 Å². The molecule has 100 valence electrons. The average molecular weight is 313 g/mol. The van der Waals surface area contributed by atoms with Gasteiger partial charge in [0, 0.05) is 23.1 Å². The lowest BCUT2D eigenvalue weighted by molar-refractivity contribution is 0.0708. The van der Waals surface area contributed by atoms with E-state index in [4.69, 9.17) is 4.74 Å². The third-order valence-corrected chi connectivity index (χ3v) is 3.98. The maximum absolute atomic E-state index is 5.52. The molecule has 1 aliphatic rings. The van der Waals surface area contributed by atoms with Crippen molar-refractivity contribution in [3.8, 4) is 0 Å². The molecule has 0 saturated carbocycles. The van der Waals surface area contributed by atoms with Crippen LogP contribution in [0.5, 0.6) is 0 Å². The second kappa shape index (κ2) is 6.66. The van der Waals surface area contributed by atoms with E-state index in [0.29, 0.717) is 12.1 Å². The highest BCUT2D eigenvalue weighted by Gasteiger charge is 2.20. The van der Waals surface area contributed by atoms with E-state index < -0.39 is 0 Å². The highest BCUT2D eigenvalue weighted by atomic mass is 79.9. The minimum Gasteiger partial charge on any atom is -0.379 e. The minimum absolute atomic E-state index is 0.363. The fourth-order valence-corrected chi connectivity index (χ4v) is 2.82. The Morgan fingerprint density at radius 1 is 1.56 bits per heavy atom. The molecule has 1 aromatic rings. The molecule has 4 heteroatoms. The van der Waals surface area contributed by atoms with Crippen LogP contribution in [-0.2, 0) is 4.74 Å². The lowest BCUT2D eigenvalue weighted by atomic mass is 9.95. The van der Waals surface area contributed by atoms with Gasteiger partial charge in [0.25, 0.3) is 0 Å². The zero-order chi connectivity index (χ0) is 13.0. The van der Waals surface area contributed by atoms with Crippen molar-refractivity contribution in [3.05, 3.63) is 33.8 Å². The summed E-state index contributed by atoms with van der Waals surface area (Å²) in [6.07, 6.45) is 1.05. The number of aryl methyl sites for hydroxylation is 1. The summed E-state index contributed by atoms with van der Waals surface area (Å²) >= 11 is 3.55. The molecule has 2 atom stereocenters. The second-order valence-corrected chi connectivity index (χ2v) is 5.72. The first-order chi connectivity index (χ1) is 8.70. The van der Waals surface area contributed by atoms with Gasteiger partial charge in [-0.15, -0.1) is 0 Å². The Kier molecular flexibility index (Phi) is 5.18. The first-order valence-corrected chi connectivity index (χ1v) is 7.24. The molecule has 2 rings (SSSR count). The molecule has 0 spiro atoms. The quantitative estimate of drug-likeness (QED) is 0.895. The molecule has 0 aliphatic carbocycles. The third-order valence-electron chi connectivity index (χ3n) is 3.48. The lowest BCUT2D eigenvalue weighted by Gasteiger charge is -2.28. The van der Waals surface area contributed by atoms with Crippen molar-refractivity contribution in [2.45, 2.75) is 25.4 Å². The molecule has 18 heavy (non-hydrogen) atoms. The van der Waals surface area contributed by atoms with E-state index in [0.717, 1.165) is 30.7 Å². The van der Waals surface area contributed by atoms with Gasteiger partial charge in [0.1, 0.15) is 0 Å². The van der Waals surface area contributed by atoms with Gasteiger partial charge in [-0.2, -0.15) is 0 Å². The molecule has 2 unspecified atom stereocenters. The molecule has 0 amide bonds. The number of rotatable bonds is 4. The average Bonchev–Trinajstić information content (AvgIpc) is 2.40. The van der Waals surface area contributed by atoms with Crippen LogP contribution in [0.4, 0.5) is 0 Å². The zero-order valence-corrected chi connectivity index (χ0v) is 12.6. The Labute approximate surface area is 117 Å².